The third kappa shape index (κ3) is 4.64. The van der Waals surface area contributed by atoms with Crippen LogP contribution in [0.3, 0.4) is 0 Å². The Morgan fingerprint density at radius 1 is 1.11 bits per heavy atom. The minimum Gasteiger partial charge on any atom is -0.457 e. The van der Waals surface area contributed by atoms with Gasteiger partial charge in [0.1, 0.15) is 12.4 Å². The van der Waals surface area contributed by atoms with Crippen molar-refractivity contribution in [3.63, 3.8) is 0 Å². The Morgan fingerprint density at radius 2 is 1.82 bits per heavy atom. The number of hydrogen-bond acceptors (Lipinski definition) is 5. The lowest BCUT2D eigenvalue weighted by atomic mass is 10.2. The zero-order chi connectivity index (χ0) is 20.3. The minimum absolute atomic E-state index is 0.0520. The summed E-state index contributed by atoms with van der Waals surface area (Å²) < 4.78 is 50.2. The molecule has 0 bridgehead atoms. The van der Waals surface area contributed by atoms with Crippen LogP contribution in [0, 0.1) is 5.82 Å². The molecule has 3 rings (SSSR count). The Kier molecular flexibility index (Phi) is 6.57. The summed E-state index contributed by atoms with van der Waals surface area (Å²) >= 11 is 12.0. The maximum absolute atomic E-state index is 13.1. The molecule has 0 unspecified atom stereocenters. The molecule has 1 saturated heterocycles. The molecule has 10 heteroatoms. The van der Waals surface area contributed by atoms with E-state index in [1.54, 1.807) is 0 Å². The fourth-order valence-corrected chi connectivity index (χ4v) is 4.47. The second-order valence-corrected chi connectivity index (χ2v) is 8.72. The molecule has 0 aromatic heterocycles. The Hall–Kier alpha value is -1.71. The molecule has 2 aromatic rings. The van der Waals surface area contributed by atoms with Crippen LogP contribution in [0.2, 0.25) is 10.0 Å². The SMILES string of the molecule is O=C(OCc1ccc(F)cc1Cl)c1cc(S(=O)(=O)N2CCOCC2)ccc1Cl. The molecule has 0 saturated carbocycles. The monoisotopic (exact) mass is 447 g/mol. The van der Waals surface area contributed by atoms with Gasteiger partial charge in [-0.05, 0) is 30.3 Å². The highest BCUT2D eigenvalue weighted by Gasteiger charge is 2.28. The fourth-order valence-electron chi connectivity index (χ4n) is 2.62. The van der Waals surface area contributed by atoms with E-state index in [0.717, 1.165) is 6.07 Å². The van der Waals surface area contributed by atoms with Crippen molar-refractivity contribution in [2.24, 2.45) is 0 Å². The summed E-state index contributed by atoms with van der Waals surface area (Å²) in [6.45, 7) is 0.858. The number of halogens is 3. The van der Waals surface area contributed by atoms with E-state index in [1.807, 2.05) is 0 Å². The van der Waals surface area contributed by atoms with Crippen molar-refractivity contribution in [2.75, 3.05) is 26.3 Å². The van der Waals surface area contributed by atoms with Gasteiger partial charge in [-0.3, -0.25) is 0 Å². The van der Waals surface area contributed by atoms with Gasteiger partial charge in [-0.15, -0.1) is 0 Å². The maximum atomic E-state index is 13.1. The van der Waals surface area contributed by atoms with Crippen molar-refractivity contribution < 1.29 is 27.1 Å². The number of carbonyl (C=O) groups is 1. The number of ether oxygens (including phenoxy) is 2. The average molecular weight is 448 g/mol. The highest BCUT2D eigenvalue weighted by atomic mass is 35.5. The quantitative estimate of drug-likeness (QED) is 0.655. The lowest BCUT2D eigenvalue weighted by molar-refractivity contribution is 0.0472. The van der Waals surface area contributed by atoms with Crippen LogP contribution in [0.15, 0.2) is 41.3 Å². The van der Waals surface area contributed by atoms with Crippen LogP contribution >= 0.6 is 23.2 Å². The molecular formula is C18H16Cl2FNO5S. The van der Waals surface area contributed by atoms with Gasteiger partial charge in [0.05, 0.1) is 33.7 Å². The maximum Gasteiger partial charge on any atom is 0.340 e. The molecule has 150 valence electrons. The molecule has 1 aliphatic heterocycles. The van der Waals surface area contributed by atoms with Gasteiger partial charge in [-0.2, -0.15) is 4.31 Å². The number of morpholine rings is 1. The van der Waals surface area contributed by atoms with Gasteiger partial charge < -0.3 is 9.47 Å². The molecular weight excluding hydrogens is 432 g/mol. The molecule has 1 heterocycles. The second-order valence-electron chi connectivity index (χ2n) is 5.97. The van der Waals surface area contributed by atoms with E-state index in [4.69, 9.17) is 32.7 Å². The average Bonchev–Trinajstić information content (AvgIpc) is 2.68. The molecule has 0 amide bonds. The van der Waals surface area contributed by atoms with Crippen molar-refractivity contribution in [2.45, 2.75) is 11.5 Å². The summed E-state index contributed by atoms with van der Waals surface area (Å²) in [5.74, 6) is -1.33. The second kappa shape index (κ2) is 8.75. The van der Waals surface area contributed by atoms with Crippen molar-refractivity contribution in [1.82, 2.24) is 4.31 Å². The Labute approximate surface area is 171 Å². The van der Waals surface area contributed by atoms with Crippen molar-refractivity contribution in [1.29, 1.82) is 0 Å². The number of rotatable bonds is 5. The first-order valence-corrected chi connectivity index (χ1v) is 10.5. The van der Waals surface area contributed by atoms with Gasteiger partial charge in [-0.25, -0.2) is 17.6 Å². The molecule has 0 N–H and O–H groups in total. The lowest BCUT2D eigenvalue weighted by Gasteiger charge is -2.26. The van der Waals surface area contributed by atoms with Crippen molar-refractivity contribution in [3.05, 3.63) is 63.4 Å². The van der Waals surface area contributed by atoms with E-state index in [2.05, 4.69) is 0 Å². The predicted molar refractivity (Wildman–Crippen MR) is 102 cm³/mol. The van der Waals surface area contributed by atoms with Crippen LogP contribution in [0.4, 0.5) is 4.39 Å². The molecule has 6 nitrogen and oxygen atoms in total. The third-order valence-electron chi connectivity index (χ3n) is 4.14. The van der Waals surface area contributed by atoms with E-state index < -0.39 is 21.8 Å². The Bertz CT molecular complexity index is 993. The van der Waals surface area contributed by atoms with Gasteiger partial charge >= 0.3 is 5.97 Å². The summed E-state index contributed by atoms with van der Waals surface area (Å²) in [6, 6.07) is 7.54. The van der Waals surface area contributed by atoms with Crippen LogP contribution in [0.1, 0.15) is 15.9 Å². The summed E-state index contributed by atoms with van der Waals surface area (Å²) in [4.78, 5) is 12.4. The molecule has 28 heavy (non-hydrogen) atoms. The fraction of sp³-hybridized carbons (Fsp3) is 0.278. The Morgan fingerprint density at radius 3 is 2.50 bits per heavy atom. The molecule has 0 spiro atoms. The first-order chi connectivity index (χ1) is 13.3. The van der Waals surface area contributed by atoms with Gasteiger partial charge in [-0.1, -0.05) is 29.3 Å². The van der Waals surface area contributed by atoms with E-state index in [1.165, 1.54) is 34.6 Å². The summed E-state index contributed by atoms with van der Waals surface area (Å²) in [7, 11) is -3.79. The van der Waals surface area contributed by atoms with Crippen molar-refractivity contribution in [3.8, 4) is 0 Å². The molecule has 1 aliphatic rings. The smallest absolute Gasteiger partial charge is 0.340 e. The number of esters is 1. The number of benzene rings is 2. The van der Waals surface area contributed by atoms with Gasteiger partial charge in [0.2, 0.25) is 10.0 Å². The number of carbonyl (C=O) groups excluding carboxylic acids is 1. The molecule has 0 aliphatic carbocycles. The van der Waals surface area contributed by atoms with E-state index in [-0.39, 0.29) is 40.2 Å². The van der Waals surface area contributed by atoms with E-state index in [9.17, 15) is 17.6 Å². The topological polar surface area (TPSA) is 72.9 Å². The summed E-state index contributed by atoms with van der Waals surface area (Å²) in [6.07, 6.45) is 0. The summed E-state index contributed by atoms with van der Waals surface area (Å²) in [5, 5.41) is 0.165. The number of sulfonamides is 1. The standard InChI is InChI=1S/C18H16Cl2FNO5S/c19-16-4-3-14(28(24,25)22-5-7-26-8-6-22)10-15(16)18(23)27-11-12-1-2-13(21)9-17(12)20/h1-4,9-10H,5-8,11H2. The zero-order valence-corrected chi connectivity index (χ0v) is 16.9. The van der Waals surface area contributed by atoms with Crippen LogP contribution in [0.25, 0.3) is 0 Å². The van der Waals surface area contributed by atoms with Gasteiger partial charge in [0.25, 0.3) is 0 Å². The van der Waals surface area contributed by atoms with Gasteiger partial charge in [0, 0.05) is 18.7 Å². The minimum atomic E-state index is -3.79. The Balaban J connectivity index is 1.79. The van der Waals surface area contributed by atoms with E-state index in [0.29, 0.717) is 18.8 Å². The first kappa shape index (κ1) is 21.0. The normalized spacial score (nSPS) is 15.4. The van der Waals surface area contributed by atoms with E-state index >= 15 is 0 Å². The predicted octanol–water partition coefficient (Wildman–Crippen LogP) is 3.51. The number of hydrogen-bond donors (Lipinski definition) is 0. The zero-order valence-electron chi connectivity index (χ0n) is 14.5. The molecule has 2 aromatic carbocycles. The first-order valence-electron chi connectivity index (χ1n) is 8.27. The lowest BCUT2D eigenvalue weighted by Crippen LogP contribution is -2.40. The third-order valence-corrected chi connectivity index (χ3v) is 6.72. The molecule has 0 atom stereocenters. The van der Waals surface area contributed by atoms with Gasteiger partial charge in [0.15, 0.2) is 0 Å². The van der Waals surface area contributed by atoms with Crippen LogP contribution in [-0.4, -0.2) is 45.0 Å². The van der Waals surface area contributed by atoms with Crippen LogP contribution in [0.5, 0.6) is 0 Å². The summed E-state index contributed by atoms with van der Waals surface area (Å²) in [5.41, 5.74) is 0.318. The van der Waals surface area contributed by atoms with Crippen LogP contribution < -0.4 is 0 Å². The van der Waals surface area contributed by atoms with Crippen LogP contribution in [-0.2, 0) is 26.1 Å². The highest BCUT2D eigenvalue weighted by molar-refractivity contribution is 7.89. The highest BCUT2D eigenvalue weighted by Crippen LogP contribution is 2.25. The largest absolute Gasteiger partial charge is 0.457 e. The molecule has 1 fully saturated rings. The van der Waals surface area contributed by atoms with Crippen molar-refractivity contribution >= 4 is 39.2 Å². The number of nitrogens with zero attached hydrogens (tertiary/aromatic N) is 1. The molecule has 0 radical (unpaired) electrons.